The highest BCUT2D eigenvalue weighted by molar-refractivity contribution is 7.99. The summed E-state index contributed by atoms with van der Waals surface area (Å²) < 4.78 is 23.8. The number of carbonyl (C=O) groups is 1. The van der Waals surface area contributed by atoms with Crippen molar-refractivity contribution in [3.8, 4) is 0 Å². The molecule has 0 N–H and O–H groups in total. The average Bonchev–Trinajstić information content (AvgIpc) is 3.38. The molecule has 3 fully saturated rings. The van der Waals surface area contributed by atoms with Crippen LogP contribution in [0, 0.1) is 0 Å². The molecule has 3 aliphatic rings. The second-order valence-corrected chi connectivity index (χ2v) is 7.79. The van der Waals surface area contributed by atoms with E-state index in [9.17, 15) is 4.79 Å². The van der Waals surface area contributed by atoms with Crippen molar-refractivity contribution in [3.05, 3.63) is 0 Å². The third-order valence-electron chi connectivity index (χ3n) is 4.98. The van der Waals surface area contributed by atoms with Gasteiger partial charge >= 0.3 is 5.97 Å². The van der Waals surface area contributed by atoms with Crippen LogP contribution in [0.1, 0.15) is 31.7 Å². The van der Waals surface area contributed by atoms with E-state index in [1.165, 1.54) is 32.8 Å². The van der Waals surface area contributed by atoms with Gasteiger partial charge in [0.1, 0.15) is 31.0 Å². The van der Waals surface area contributed by atoms with Crippen molar-refractivity contribution in [2.24, 2.45) is 0 Å². The van der Waals surface area contributed by atoms with Crippen molar-refractivity contribution in [2.75, 3.05) is 26.9 Å². The zero-order valence-corrected chi connectivity index (χ0v) is 14.9. The van der Waals surface area contributed by atoms with Gasteiger partial charge in [0.15, 0.2) is 0 Å². The third kappa shape index (κ3) is 3.53. The van der Waals surface area contributed by atoms with Crippen molar-refractivity contribution >= 4 is 17.7 Å². The normalized spacial score (nSPS) is 32.2. The van der Waals surface area contributed by atoms with Crippen molar-refractivity contribution in [2.45, 2.75) is 60.4 Å². The minimum Gasteiger partial charge on any atom is -0.467 e. The summed E-state index contributed by atoms with van der Waals surface area (Å²) in [5.41, 5.74) is 0. The molecule has 0 radical (unpaired) electrons. The SMILES string of the molecule is COC(=O)CO[C@@H]1CO[C@H]2[C@@H]1OC[C@@H]2n1nnnc1SC1CCCC1. The lowest BCUT2D eigenvalue weighted by Crippen LogP contribution is -2.33. The van der Waals surface area contributed by atoms with Gasteiger partial charge in [-0.15, -0.1) is 5.10 Å². The number of rotatable bonds is 6. The van der Waals surface area contributed by atoms with Gasteiger partial charge in [-0.05, 0) is 23.3 Å². The number of aromatic nitrogens is 4. The first-order valence-corrected chi connectivity index (χ1v) is 9.50. The molecule has 0 aromatic carbocycles. The molecule has 1 aromatic rings. The van der Waals surface area contributed by atoms with Crippen molar-refractivity contribution in [1.82, 2.24) is 20.2 Å². The van der Waals surface area contributed by atoms with Crippen molar-refractivity contribution in [3.63, 3.8) is 0 Å². The predicted octanol–water partition coefficient (Wildman–Crippen LogP) is 0.605. The summed E-state index contributed by atoms with van der Waals surface area (Å²) in [5, 5.41) is 13.6. The van der Waals surface area contributed by atoms with Crippen molar-refractivity contribution in [1.29, 1.82) is 0 Å². The molecule has 1 aliphatic carbocycles. The molecule has 0 amide bonds. The molecule has 138 valence electrons. The Labute approximate surface area is 149 Å². The summed E-state index contributed by atoms with van der Waals surface area (Å²) in [7, 11) is 1.34. The fraction of sp³-hybridized carbons (Fsp3) is 0.867. The molecule has 2 aliphatic heterocycles. The first-order valence-electron chi connectivity index (χ1n) is 8.62. The summed E-state index contributed by atoms with van der Waals surface area (Å²) in [4.78, 5) is 11.3. The van der Waals surface area contributed by atoms with Gasteiger partial charge in [0.05, 0.1) is 20.3 Å². The zero-order chi connectivity index (χ0) is 17.2. The minimum atomic E-state index is -0.409. The Balaban J connectivity index is 1.40. The maximum absolute atomic E-state index is 11.3. The highest BCUT2D eigenvalue weighted by Gasteiger charge is 2.50. The van der Waals surface area contributed by atoms with Crippen LogP contribution < -0.4 is 0 Å². The van der Waals surface area contributed by atoms with Gasteiger partial charge < -0.3 is 18.9 Å². The van der Waals surface area contributed by atoms with Crippen LogP contribution in [-0.2, 0) is 23.7 Å². The number of carbonyl (C=O) groups excluding carboxylic acids is 1. The number of thioether (sulfide) groups is 1. The predicted molar refractivity (Wildman–Crippen MR) is 86.2 cm³/mol. The van der Waals surface area contributed by atoms with E-state index in [0.717, 1.165) is 5.16 Å². The molecule has 3 heterocycles. The standard InChI is InChI=1S/C15H22N4O5S/c1-21-12(20)8-22-11-7-24-13-10(6-23-14(11)13)19-15(16-17-18-19)25-9-4-2-3-5-9/h9-11,13-14H,2-8H2,1H3/t10-,11+,13+,14+/m0/s1. The Kier molecular flexibility index (Phi) is 5.20. The van der Waals surface area contributed by atoms with Crippen molar-refractivity contribution < 1.29 is 23.7 Å². The molecule has 9 nitrogen and oxygen atoms in total. The highest BCUT2D eigenvalue weighted by Crippen LogP contribution is 2.39. The molecule has 10 heteroatoms. The van der Waals surface area contributed by atoms with E-state index in [2.05, 4.69) is 20.3 Å². The van der Waals surface area contributed by atoms with Gasteiger partial charge in [0.2, 0.25) is 5.16 Å². The molecule has 2 saturated heterocycles. The largest absolute Gasteiger partial charge is 0.467 e. The summed E-state index contributed by atoms with van der Waals surface area (Å²) in [6.45, 7) is 0.752. The second-order valence-electron chi connectivity index (χ2n) is 6.52. The van der Waals surface area contributed by atoms with Gasteiger partial charge in [0, 0.05) is 5.25 Å². The summed E-state index contributed by atoms with van der Waals surface area (Å²) in [5.74, 6) is -0.409. The number of tetrazole rings is 1. The molecule has 25 heavy (non-hydrogen) atoms. The smallest absolute Gasteiger partial charge is 0.331 e. The Morgan fingerprint density at radius 3 is 2.88 bits per heavy atom. The first-order chi connectivity index (χ1) is 12.3. The molecule has 0 bridgehead atoms. The van der Waals surface area contributed by atoms with Gasteiger partial charge in [-0.3, -0.25) is 0 Å². The molecule has 1 aromatic heterocycles. The molecular formula is C15H22N4O5S. The Bertz CT molecular complexity index is 608. The second kappa shape index (κ2) is 7.56. The van der Waals surface area contributed by atoms with Crippen LogP contribution in [-0.4, -0.2) is 76.7 Å². The summed E-state index contributed by atoms with van der Waals surface area (Å²) >= 11 is 1.75. The van der Waals surface area contributed by atoms with Gasteiger partial charge in [0.25, 0.3) is 0 Å². The molecule has 1 saturated carbocycles. The number of nitrogens with zero attached hydrogens (tertiary/aromatic N) is 4. The fourth-order valence-electron chi connectivity index (χ4n) is 3.66. The highest BCUT2D eigenvalue weighted by atomic mass is 32.2. The van der Waals surface area contributed by atoms with Crippen LogP contribution in [0.3, 0.4) is 0 Å². The van der Waals surface area contributed by atoms with E-state index in [1.54, 1.807) is 11.8 Å². The quantitative estimate of drug-likeness (QED) is 0.667. The maximum Gasteiger partial charge on any atom is 0.331 e. The molecule has 4 rings (SSSR count). The van der Waals surface area contributed by atoms with E-state index in [-0.39, 0.29) is 31.0 Å². The van der Waals surface area contributed by atoms with Crippen LogP contribution in [0.15, 0.2) is 5.16 Å². The lowest BCUT2D eigenvalue weighted by atomic mass is 10.1. The molecule has 4 atom stereocenters. The van der Waals surface area contributed by atoms with E-state index < -0.39 is 5.97 Å². The van der Waals surface area contributed by atoms with E-state index in [4.69, 9.17) is 14.2 Å². The maximum atomic E-state index is 11.3. The minimum absolute atomic E-state index is 0.0735. The van der Waals surface area contributed by atoms with Crippen LogP contribution in [0.25, 0.3) is 0 Å². The lowest BCUT2D eigenvalue weighted by Gasteiger charge is -2.18. The average molecular weight is 370 g/mol. The van der Waals surface area contributed by atoms with Gasteiger partial charge in [-0.2, -0.15) is 0 Å². The topological polar surface area (TPSA) is 97.6 Å². The number of methoxy groups -OCH3 is 1. The Morgan fingerprint density at radius 2 is 2.08 bits per heavy atom. The first kappa shape index (κ1) is 17.2. The van der Waals surface area contributed by atoms with E-state index >= 15 is 0 Å². The summed E-state index contributed by atoms with van der Waals surface area (Å²) in [6, 6.07) is -0.0735. The molecular weight excluding hydrogens is 348 g/mol. The zero-order valence-electron chi connectivity index (χ0n) is 14.1. The number of fused-ring (bicyclic) bond motifs is 1. The van der Waals surface area contributed by atoms with E-state index in [0.29, 0.717) is 18.5 Å². The van der Waals surface area contributed by atoms with Crippen LogP contribution in [0.5, 0.6) is 0 Å². The molecule has 0 unspecified atom stereocenters. The number of esters is 1. The Morgan fingerprint density at radius 1 is 1.28 bits per heavy atom. The monoisotopic (exact) mass is 370 g/mol. The lowest BCUT2D eigenvalue weighted by molar-refractivity contribution is -0.150. The van der Waals surface area contributed by atoms with Gasteiger partial charge in [-0.1, -0.05) is 24.6 Å². The number of hydrogen-bond acceptors (Lipinski definition) is 9. The molecule has 0 spiro atoms. The van der Waals surface area contributed by atoms with Gasteiger partial charge in [-0.25, -0.2) is 9.48 Å². The third-order valence-corrected chi connectivity index (χ3v) is 6.26. The number of ether oxygens (including phenoxy) is 4. The summed E-state index contributed by atoms with van der Waals surface area (Å²) in [6.07, 6.45) is 4.31. The Hall–Kier alpha value is -1.23. The fourth-order valence-corrected chi connectivity index (χ4v) is 4.89. The van der Waals surface area contributed by atoms with E-state index in [1.807, 2.05) is 4.68 Å². The number of hydrogen-bond donors (Lipinski definition) is 0. The van der Waals surface area contributed by atoms with Crippen LogP contribution >= 0.6 is 11.8 Å². The van der Waals surface area contributed by atoms with Crippen LogP contribution in [0.4, 0.5) is 0 Å². The van der Waals surface area contributed by atoms with Crippen LogP contribution in [0.2, 0.25) is 0 Å².